The van der Waals surface area contributed by atoms with Gasteiger partial charge in [0.15, 0.2) is 5.82 Å². The van der Waals surface area contributed by atoms with E-state index in [4.69, 9.17) is 5.73 Å². The quantitative estimate of drug-likeness (QED) is 0.647. The Labute approximate surface area is 174 Å². The molecular formula is C22H25FN6O. The van der Waals surface area contributed by atoms with E-state index in [9.17, 15) is 9.50 Å². The lowest BCUT2D eigenvalue weighted by molar-refractivity contribution is 0.0767. The van der Waals surface area contributed by atoms with Crippen molar-refractivity contribution in [1.29, 1.82) is 0 Å². The maximum Gasteiger partial charge on any atom is 0.220 e. The first-order valence-electron chi connectivity index (χ1n) is 9.91. The molecule has 0 spiro atoms. The molecule has 1 aliphatic heterocycles. The topological polar surface area (TPSA) is 93.1 Å². The lowest BCUT2D eigenvalue weighted by Crippen LogP contribution is -2.50. The van der Waals surface area contributed by atoms with Crippen LogP contribution in [-0.2, 0) is 0 Å². The second kappa shape index (κ2) is 7.35. The number of pyridine rings is 1. The van der Waals surface area contributed by atoms with E-state index in [0.717, 1.165) is 30.2 Å². The molecule has 4 heterocycles. The first-order chi connectivity index (χ1) is 14.1. The fourth-order valence-electron chi connectivity index (χ4n) is 3.58. The summed E-state index contributed by atoms with van der Waals surface area (Å²) in [6, 6.07) is 2.54. The highest BCUT2D eigenvalue weighted by molar-refractivity contribution is 5.95. The van der Waals surface area contributed by atoms with Crippen LogP contribution in [0.2, 0.25) is 0 Å². The van der Waals surface area contributed by atoms with Gasteiger partial charge in [-0.15, -0.1) is 0 Å². The fourth-order valence-corrected chi connectivity index (χ4v) is 3.58. The number of nitrogens with zero attached hydrogens (tertiary/aromatic N) is 5. The van der Waals surface area contributed by atoms with E-state index in [1.54, 1.807) is 26.1 Å². The Balaban J connectivity index is 1.85. The van der Waals surface area contributed by atoms with Gasteiger partial charge in [0.1, 0.15) is 17.0 Å². The number of nitrogen functional groups attached to an aromatic ring is 1. The van der Waals surface area contributed by atoms with E-state index in [-0.39, 0.29) is 17.7 Å². The number of anilines is 1. The van der Waals surface area contributed by atoms with Crippen LogP contribution in [0.4, 0.5) is 10.3 Å². The minimum atomic E-state index is -1.13. The maximum absolute atomic E-state index is 14.6. The Kier molecular flexibility index (Phi) is 4.96. The van der Waals surface area contributed by atoms with Crippen molar-refractivity contribution in [3.63, 3.8) is 0 Å². The summed E-state index contributed by atoms with van der Waals surface area (Å²) in [6.45, 7) is 9.38. The first-order valence-corrected chi connectivity index (χ1v) is 9.91. The predicted molar refractivity (Wildman–Crippen MR) is 114 cm³/mol. The highest BCUT2D eigenvalue weighted by atomic mass is 19.1. The normalized spacial score (nSPS) is 15.3. The largest absolute Gasteiger partial charge is 0.378 e. The van der Waals surface area contributed by atoms with Crippen LogP contribution in [0.25, 0.3) is 22.2 Å². The van der Waals surface area contributed by atoms with E-state index < -0.39 is 11.4 Å². The molecule has 0 bridgehead atoms. The highest BCUT2D eigenvalue weighted by Crippen LogP contribution is 2.35. The van der Waals surface area contributed by atoms with Crippen molar-refractivity contribution < 1.29 is 9.50 Å². The molecule has 156 valence electrons. The van der Waals surface area contributed by atoms with Gasteiger partial charge in [-0.25, -0.2) is 19.3 Å². The third-order valence-corrected chi connectivity index (χ3v) is 5.25. The van der Waals surface area contributed by atoms with Crippen molar-refractivity contribution in [2.45, 2.75) is 45.4 Å². The summed E-state index contributed by atoms with van der Waals surface area (Å²) in [5.41, 5.74) is 6.73. The Morgan fingerprint density at radius 1 is 1.27 bits per heavy atom. The molecule has 0 aliphatic carbocycles. The van der Waals surface area contributed by atoms with Gasteiger partial charge in [0.25, 0.3) is 0 Å². The Bertz CT molecular complexity index is 1160. The molecule has 3 aromatic rings. The predicted octanol–water partition coefficient (Wildman–Crippen LogP) is 2.60. The molecule has 0 amide bonds. The highest BCUT2D eigenvalue weighted by Gasteiger charge is 2.31. The molecule has 0 unspecified atom stereocenters. The van der Waals surface area contributed by atoms with Gasteiger partial charge in [-0.05, 0) is 39.7 Å². The number of hydrogen-bond donors (Lipinski definition) is 2. The summed E-state index contributed by atoms with van der Waals surface area (Å²) in [4.78, 5) is 14.7. The van der Waals surface area contributed by atoms with Crippen molar-refractivity contribution in [3.05, 3.63) is 36.2 Å². The molecule has 0 aromatic carbocycles. The van der Waals surface area contributed by atoms with Crippen LogP contribution in [0.1, 0.15) is 39.4 Å². The molecule has 0 atom stereocenters. The molecule has 1 fully saturated rings. The summed E-state index contributed by atoms with van der Waals surface area (Å²) < 4.78 is 16.7. The van der Waals surface area contributed by atoms with E-state index in [1.807, 2.05) is 6.20 Å². The summed E-state index contributed by atoms with van der Waals surface area (Å²) in [5, 5.41) is 10.7. The smallest absolute Gasteiger partial charge is 0.220 e. The van der Waals surface area contributed by atoms with Crippen molar-refractivity contribution in [2.24, 2.45) is 0 Å². The zero-order valence-corrected chi connectivity index (χ0v) is 17.5. The van der Waals surface area contributed by atoms with Crippen molar-refractivity contribution in [1.82, 2.24) is 24.4 Å². The summed E-state index contributed by atoms with van der Waals surface area (Å²) in [5.74, 6) is 5.12. The summed E-state index contributed by atoms with van der Waals surface area (Å²) in [7, 11) is 0. The van der Waals surface area contributed by atoms with E-state index >= 15 is 0 Å². The lowest BCUT2D eigenvalue weighted by Gasteiger charge is -2.43. The Morgan fingerprint density at radius 3 is 2.67 bits per heavy atom. The number of aromatic nitrogens is 4. The third kappa shape index (κ3) is 3.86. The first kappa shape index (κ1) is 20.3. The molecule has 30 heavy (non-hydrogen) atoms. The standard InChI is InChI=1S/C22H25FN6O/c1-13(2)28-10-15(11-28)29-12-17(20-18(23)8-26-21(24)27-20)16-7-14(25-9-19(16)29)5-6-22(3,4)30/h7-9,12-13,15,30H,10-11H2,1-4H3,(H2,24,26,27). The average molecular weight is 408 g/mol. The van der Waals surface area contributed by atoms with Crippen molar-refractivity contribution in [3.8, 4) is 23.1 Å². The second-order valence-electron chi connectivity index (χ2n) is 8.47. The molecule has 0 saturated carbocycles. The number of hydrogen-bond acceptors (Lipinski definition) is 6. The van der Waals surface area contributed by atoms with Crippen LogP contribution in [0, 0.1) is 17.7 Å². The van der Waals surface area contributed by atoms with Crippen LogP contribution in [0.5, 0.6) is 0 Å². The zero-order valence-electron chi connectivity index (χ0n) is 17.5. The van der Waals surface area contributed by atoms with Crippen LogP contribution >= 0.6 is 0 Å². The van der Waals surface area contributed by atoms with Gasteiger partial charge < -0.3 is 15.4 Å². The molecule has 0 radical (unpaired) electrons. The van der Waals surface area contributed by atoms with E-state index in [2.05, 4.69) is 50.1 Å². The fraction of sp³-hybridized carbons (Fsp3) is 0.409. The molecule has 7 nitrogen and oxygen atoms in total. The molecule has 3 N–H and O–H groups in total. The average Bonchev–Trinajstić information content (AvgIpc) is 2.98. The Hall–Kier alpha value is -3.02. The van der Waals surface area contributed by atoms with Crippen LogP contribution in [0.15, 0.2) is 24.7 Å². The summed E-state index contributed by atoms with van der Waals surface area (Å²) in [6.07, 6.45) is 4.74. The lowest BCUT2D eigenvalue weighted by atomic mass is 10.1. The summed E-state index contributed by atoms with van der Waals surface area (Å²) >= 11 is 0. The van der Waals surface area contributed by atoms with Crippen molar-refractivity contribution in [2.75, 3.05) is 18.8 Å². The zero-order chi connectivity index (χ0) is 21.6. The second-order valence-corrected chi connectivity index (χ2v) is 8.47. The Morgan fingerprint density at radius 2 is 2.00 bits per heavy atom. The number of rotatable bonds is 3. The maximum atomic E-state index is 14.6. The minimum absolute atomic E-state index is 0.0121. The third-order valence-electron chi connectivity index (χ3n) is 5.25. The SMILES string of the molecule is CC(C)N1CC(n2cc(-c3nc(N)ncc3F)c3cc(C#CC(C)(C)O)ncc32)C1. The molecule has 3 aromatic heterocycles. The van der Waals surface area contributed by atoms with Gasteiger partial charge in [0.05, 0.1) is 24.0 Å². The van der Waals surface area contributed by atoms with Gasteiger partial charge in [-0.2, -0.15) is 0 Å². The van der Waals surface area contributed by atoms with Gasteiger partial charge in [-0.1, -0.05) is 5.92 Å². The van der Waals surface area contributed by atoms with Gasteiger partial charge >= 0.3 is 0 Å². The molecular weight excluding hydrogens is 383 g/mol. The van der Waals surface area contributed by atoms with Crippen LogP contribution in [-0.4, -0.2) is 54.3 Å². The molecule has 1 saturated heterocycles. The molecule has 4 rings (SSSR count). The number of fused-ring (bicyclic) bond motifs is 1. The van der Waals surface area contributed by atoms with Gasteiger partial charge in [-0.3, -0.25) is 4.90 Å². The van der Waals surface area contributed by atoms with Crippen molar-refractivity contribution >= 4 is 16.9 Å². The molecule has 1 aliphatic rings. The van der Waals surface area contributed by atoms with Crippen LogP contribution in [0.3, 0.4) is 0 Å². The minimum Gasteiger partial charge on any atom is -0.378 e. The monoisotopic (exact) mass is 408 g/mol. The van der Waals surface area contributed by atoms with Gasteiger partial charge in [0, 0.05) is 36.3 Å². The number of aliphatic hydroxyl groups is 1. The number of halogens is 1. The number of likely N-dealkylation sites (tertiary alicyclic amines) is 1. The van der Waals surface area contributed by atoms with E-state index in [0.29, 0.717) is 17.3 Å². The van der Waals surface area contributed by atoms with E-state index in [1.165, 1.54) is 0 Å². The van der Waals surface area contributed by atoms with Crippen LogP contribution < -0.4 is 5.73 Å². The molecule has 8 heteroatoms. The number of nitrogens with two attached hydrogens (primary N) is 1. The van der Waals surface area contributed by atoms with Gasteiger partial charge in [0.2, 0.25) is 5.95 Å².